The van der Waals surface area contributed by atoms with Gasteiger partial charge in [0.15, 0.2) is 5.58 Å². The van der Waals surface area contributed by atoms with E-state index in [1.807, 2.05) is 37.3 Å². The van der Waals surface area contributed by atoms with E-state index in [0.29, 0.717) is 16.9 Å². The molecule has 1 amide bonds. The average Bonchev–Trinajstić information content (AvgIpc) is 2.98. The quantitative estimate of drug-likeness (QED) is 0.743. The zero-order valence-corrected chi connectivity index (χ0v) is 12.7. The summed E-state index contributed by atoms with van der Waals surface area (Å²) in [6, 6.07) is 13.0. The van der Waals surface area contributed by atoms with Crippen LogP contribution in [0.15, 0.2) is 46.9 Å². The van der Waals surface area contributed by atoms with Gasteiger partial charge in [0.05, 0.1) is 7.11 Å². The van der Waals surface area contributed by atoms with Crippen LogP contribution in [0.4, 0.5) is 6.01 Å². The molecule has 3 rings (SSSR count). The second-order valence-electron chi connectivity index (χ2n) is 5.01. The standard InChI is InChI=1S/C17H16N2O3/c1-11-8-9-12(10-15(11)21-3)16(20)19(2)17-18-13-6-4-5-7-14(13)22-17/h4-10H,1-3H3. The molecule has 0 aliphatic rings. The van der Waals surface area contributed by atoms with Gasteiger partial charge in [-0.25, -0.2) is 0 Å². The van der Waals surface area contributed by atoms with Crippen molar-refractivity contribution < 1.29 is 13.9 Å². The molecule has 112 valence electrons. The van der Waals surface area contributed by atoms with Gasteiger partial charge in [0.25, 0.3) is 5.91 Å². The van der Waals surface area contributed by atoms with Gasteiger partial charge in [0, 0.05) is 12.6 Å². The van der Waals surface area contributed by atoms with Crippen molar-refractivity contribution in [1.82, 2.24) is 4.98 Å². The molecule has 5 heteroatoms. The molecule has 5 nitrogen and oxygen atoms in total. The van der Waals surface area contributed by atoms with E-state index in [0.717, 1.165) is 11.1 Å². The number of carbonyl (C=O) groups is 1. The van der Waals surface area contributed by atoms with Gasteiger partial charge in [-0.1, -0.05) is 18.2 Å². The van der Waals surface area contributed by atoms with Crippen LogP contribution in [0.25, 0.3) is 11.1 Å². The molecule has 0 unspecified atom stereocenters. The summed E-state index contributed by atoms with van der Waals surface area (Å²) in [5.41, 5.74) is 2.87. The summed E-state index contributed by atoms with van der Waals surface area (Å²) in [5.74, 6) is 0.474. The number of hydrogen-bond donors (Lipinski definition) is 0. The molecule has 0 radical (unpaired) electrons. The van der Waals surface area contributed by atoms with Crippen molar-refractivity contribution in [3.05, 3.63) is 53.6 Å². The van der Waals surface area contributed by atoms with Crippen LogP contribution >= 0.6 is 0 Å². The van der Waals surface area contributed by atoms with E-state index >= 15 is 0 Å². The van der Waals surface area contributed by atoms with Crippen molar-refractivity contribution in [3.63, 3.8) is 0 Å². The number of rotatable bonds is 3. The normalized spacial score (nSPS) is 10.7. The summed E-state index contributed by atoms with van der Waals surface area (Å²) in [5, 5.41) is 0. The fraction of sp³-hybridized carbons (Fsp3) is 0.176. The molecule has 22 heavy (non-hydrogen) atoms. The van der Waals surface area contributed by atoms with E-state index in [4.69, 9.17) is 9.15 Å². The Balaban J connectivity index is 1.93. The summed E-state index contributed by atoms with van der Waals surface area (Å²) in [6.45, 7) is 1.93. The second kappa shape index (κ2) is 5.52. The van der Waals surface area contributed by atoms with Crippen molar-refractivity contribution >= 4 is 23.0 Å². The molecule has 3 aromatic rings. The maximum Gasteiger partial charge on any atom is 0.305 e. The Morgan fingerprint density at radius 2 is 2.00 bits per heavy atom. The van der Waals surface area contributed by atoms with E-state index in [9.17, 15) is 4.79 Å². The molecule has 0 fully saturated rings. The highest BCUT2D eigenvalue weighted by Gasteiger charge is 2.19. The molecule has 1 aromatic heterocycles. The largest absolute Gasteiger partial charge is 0.496 e. The summed E-state index contributed by atoms with van der Waals surface area (Å²) in [6.07, 6.45) is 0. The van der Waals surface area contributed by atoms with Crippen LogP contribution in [0.1, 0.15) is 15.9 Å². The number of anilines is 1. The number of nitrogens with zero attached hydrogens (tertiary/aromatic N) is 2. The summed E-state index contributed by atoms with van der Waals surface area (Å²) < 4.78 is 10.9. The van der Waals surface area contributed by atoms with Crippen molar-refractivity contribution in [1.29, 1.82) is 0 Å². The number of oxazole rings is 1. The molecule has 0 saturated heterocycles. The number of carbonyl (C=O) groups excluding carboxylic acids is 1. The van der Waals surface area contributed by atoms with Gasteiger partial charge in [-0.2, -0.15) is 4.98 Å². The molecule has 0 aliphatic heterocycles. The van der Waals surface area contributed by atoms with E-state index in [1.54, 1.807) is 26.3 Å². The van der Waals surface area contributed by atoms with Crippen LogP contribution in [0.5, 0.6) is 5.75 Å². The maximum atomic E-state index is 12.6. The van der Waals surface area contributed by atoms with Crippen molar-refractivity contribution in [2.45, 2.75) is 6.92 Å². The third kappa shape index (κ3) is 2.41. The minimum Gasteiger partial charge on any atom is -0.496 e. The lowest BCUT2D eigenvalue weighted by Crippen LogP contribution is -2.26. The Labute approximate surface area is 128 Å². The Morgan fingerprint density at radius 3 is 2.73 bits per heavy atom. The number of benzene rings is 2. The first-order chi connectivity index (χ1) is 10.6. The van der Waals surface area contributed by atoms with Gasteiger partial charge >= 0.3 is 6.01 Å². The van der Waals surface area contributed by atoms with Gasteiger partial charge in [-0.15, -0.1) is 0 Å². The van der Waals surface area contributed by atoms with Crippen LogP contribution in [-0.2, 0) is 0 Å². The smallest absolute Gasteiger partial charge is 0.305 e. The fourth-order valence-electron chi connectivity index (χ4n) is 2.24. The van der Waals surface area contributed by atoms with Gasteiger partial charge in [0.1, 0.15) is 11.3 Å². The van der Waals surface area contributed by atoms with E-state index in [-0.39, 0.29) is 11.9 Å². The highest BCUT2D eigenvalue weighted by atomic mass is 16.5. The molecule has 0 atom stereocenters. The van der Waals surface area contributed by atoms with E-state index in [1.165, 1.54) is 4.90 Å². The lowest BCUT2D eigenvalue weighted by molar-refractivity contribution is 0.0988. The molecule has 0 bridgehead atoms. The van der Waals surface area contributed by atoms with E-state index < -0.39 is 0 Å². The lowest BCUT2D eigenvalue weighted by atomic mass is 10.1. The predicted molar refractivity (Wildman–Crippen MR) is 84.5 cm³/mol. The molecule has 2 aromatic carbocycles. The van der Waals surface area contributed by atoms with Gasteiger partial charge < -0.3 is 9.15 Å². The number of amides is 1. The van der Waals surface area contributed by atoms with Crippen LogP contribution in [0.2, 0.25) is 0 Å². The van der Waals surface area contributed by atoms with Crippen molar-refractivity contribution in [2.24, 2.45) is 0 Å². The summed E-state index contributed by atoms with van der Waals surface area (Å²) in [4.78, 5) is 18.3. The SMILES string of the molecule is COc1cc(C(=O)N(C)c2nc3ccccc3o2)ccc1C. The van der Waals surface area contributed by atoms with Crippen LogP contribution < -0.4 is 9.64 Å². The zero-order valence-electron chi connectivity index (χ0n) is 12.7. The summed E-state index contributed by atoms with van der Waals surface area (Å²) >= 11 is 0. The van der Waals surface area contributed by atoms with Crippen LogP contribution in [-0.4, -0.2) is 25.0 Å². The number of fused-ring (bicyclic) bond motifs is 1. The summed E-state index contributed by atoms with van der Waals surface area (Å²) in [7, 11) is 3.22. The minimum atomic E-state index is -0.204. The van der Waals surface area contributed by atoms with Gasteiger partial charge in [-0.05, 0) is 36.8 Å². The minimum absolute atomic E-state index is 0.204. The number of para-hydroxylation sites is 2. The number of aromatic nitrogens is 1. The molecule has 0 spiro atoms. The highest BCUT2D eigenvalue weighted by Crippen LogP contribution is 2.24. The molecule has 0 aliphatic carbocycles. The predicted octanol–water partition coefficient (Wildman–Crippen LogP) is 3.42. The first-order valence-corrected chi connectivity index (χ1v) is 6.88. The lowest BCUT2D eigenvalue weighted by Gasteiger charge is -2.13. The second-order valence-corrected chi connectivity index (χ2v) is 5.01. The Bertz CT molecular complexity index is 806. The molecule has 1 heterocycles. The Morgan fingerprint density at radius 1 is 1.23 bits per heavy atom. The van der Waals surface area contributed by atoms with Gasteiger partial charge in [-0.3, -0.25) is 9.69 Å². The van der Waals surface area contributed by atoms with Crippen molar-refractivity contribution in [3.8, 4) is 5.75 Å². The number of aryl methyl sites for hydroxylation is 1. The van der Waals surface area contributed by atoms with Crippen LogP contribution in [0, 0.1) is 6.92 Å². The average molecular weight is 296 g/mol. The first kappa shape index (κ1) is 14.1. The zero-order chi connectivity index (χ0) is 15.7. The first-order valence-electron chi connectivity index (χ1n) is 6.88. The molecular weight excluding hydrogens is 280 g/mol. The Hall–Kier alpha value is -2.82. The molecule has 0 saturated carbocycles. The topological polar surface area (TPSA) is 55.6 Å². The number of hydrogen-bond acceptors (Lipinski definition) is 4. The molecule has 0 N–H and O–H groups in total. The monoisotopic (exact) mass is 296 g/mol. The number of methoxy groups -OCH3 is 1. The fourth-order valence-corrected chi connectivity index (χ4v) is 2.24. The maximum absolute atomic E-state index is 12.6. The third-order valence-corrected chi connectivity index (χ3v) is 3.53. The third-order valence-electron chi connectivity index (χ3n) is 3.53. The van der Waals surface area contributed by atoms with Crippen molar-refractivity contribution in [2.75, 3.05) is 19.1 Å². The Kier molecular flexibility index (Phi) is 3.55. The number of ether oxygens (including phenoxy) is 1. The van der Waals surface area contributed by atoms with Gasteiger partial charge in [0.2, 0.25) is 0 Å². The highest BCUT2D eigenvalue weighted by molar-refractivity contribution is 6.05. The van der Waals surface area contributed by atoms with E-state index in [2.05, 4.69) is 4.98 Å². The molecular formula is C17H16N2O3. The van der Waals surface area contributed by atoms with Crippen LogP contribution in [0.3, 0.4) is 0 Å².